The first kappa shape index (κ1) is 21.1. The van der Waals surface area contributed by atoms with Gasteiger partial charge in [-0.25, -0.2) is 0 Å². The second-order valence-corrected chi connectivity index (χ2v) is 8.25. The van der Waals surface area contributed by atoms with Gasteiger partial charge in [0.1, 0.15) is 17.4 Å². The average molecular weight is 435 g/mol. The second-order valence-electron chi connectivity index (χ2n) is 7.31. The van der Waals surface area contributed by atoms with E-state index in [2.05, 4.69) is 67.6 Å². The van der Waals surface area contributed by atoms with Gasteiger partial charge < -0.3 is 9.30 Å². The molecule has 0 saturated carbocycles. The third kappa shape index (κ3) is 4.49. The van der Waals surface area contributed by atoms with E-state index in [-0.39, 0.29) is 0 Å². The number of benzene rings is 2. The summed E-state index contributed by atoms with van der Waals surface area (Å²) in [6.07, 6.45) is 1.04. The molecule has 2 aromatic carbocycles. The maximum absolute atomic E-state index is 5.30. The molecule has 0 fully saturated rings. The first-order valence-electron chi connectivity index (χ1n) is 10.3. The van der Waals surface area contributed by atoms with E-state index in [0.29, 0.717) is 5.75 Å². The Morgan fingerprint density at radius 1 is 0.903 bits per heavy atom. The van der Waals surface area contributed by atoms with Gasteiger partial charge in [0, 0.05) is 17.8 Å². The van der Waals surface area contributed by atoms with Crippen molar-refractivity contribution in [3.63, 3.8) is 0 Å². The largest absolute Gasteiger partial charge is 0.497 e. The van der Waals surface area contributed by atoms with Crippen molar-refractivity contribution >= 4 is 11.8 Å². The molecule has 0 unspecified atom stereocenters. The molecule has 0 N–H and O–H groups in total. The fraction of sp³-hybridized carbons (Fsp3) is 0.304. The number of aryl methyl sites for hydroxylation is 2. The molecule has 0 amide bonds. The van der Waals surface area contributed by atoms with Crippen molar-refractivity contribution in [3.8, 4) is 22.8 Å². The minimum absolute atomic E-state index is 0.674. The van der Waals surface area contributed by atoms with Gasteiger partial charge in [-0.1, -0.05) is 36.4 Å². The van der Waals surface area contributed by atoms with Gasteiger partial charge in [0.2, 0.25) is 0 Å². The van der Waals surface area contributed by atoms with Gasteiger partial charge in [0.05, 0.1) is 12.9 Å². The molecule has 2 heterocycles. The molecule has 0 atom stereocenters. The summed E-state index contributed by atoms with van der Waals surface area (Å²) < 4.78 is 9.56. The number of nitrogens with zero attached hydrogens (tertiary/aromatic N) is 6. The standard InChI is InChI=1S/C23H26N6OS/c1-5-14-28-17(3)24-25-21(28)15-31-23-27-26-22(18-8-12-20(30-4)13-9-18)29(23)19-10-6-16(2)7-11-19/h6-13H,5,14-15H2,1-4H3. The van der Waals surface area contributed by atoms with Gasteiger partial charge in [-0.2, -0.15) is 0 Å². The Bertz CT molecular complexity index is 1150. The smallest absolute Gasteiger partial charge is 0.196 e. The molecule has 0 bridgehead atoms. The predicted octanol–water partition coefficient (Wildman–Crippen LogP) is 4.85. The highest BCUT2D eigenvalue weighted by Crippen LogP contribution is 2.30. The van der Waals surface area contributed by atoms with Crippen LogP contribution in [0, 0.1) is 13.8 Å². The van der Waals surface area contributed by atoms with Crippen LogP contribution in [0.3, 0.4) is 0 Å². The topological polar surface area (TPSA) is 70.7 Å². The van der Waals surface area contributed by atoms with Gasteiger partial charge in [-0.05, 0) is 56.7 Å². The Balaban J connectivity index is 1.70. The lowest BCUT2D eigenvalue weighted by Crippen LogP contribution is -2.05. The Hall–Kier alpha value is -3.13. The Morgan fingerprint density at radius 3 is 2.32 bits per heavy atom. The van der Waals surface area contributed by atoms with E-state index in [4.69, 9.17) is 4.74 Å². The third-order valence-electron chi connectivity index (χ3n) is 5.06. The summed E-state index contributed by atoms with van der Waals surface area (Å²) in [5, 5.41) is 18.5. The highest BCUT2D eigenvalue weighted by atomic mass is 32.2. The number of methoxy groups -OCH3 is 1. The molecule has 31 heavy (non-hydrogen) atoms. The van der Waals surface area contributed by atoms with Crippen molar-refractivity contribution in [3.05, 3.63) is 65.7 Å². The zero-order chi connectivity index (χ0) is 21.8. The fourth-order valence-electron chi connectivity index (χ4n) is 3.39. The molecule has 0 saturated heterocycles. The van der Waals surface area contributed by atoms with Crippen molar-refractivity contribution < 1.29 is 4.74 Å². The minimum Gasteiger partial charge on any atom is -0.497 e. The van der Waals surface area contributed by atoms with E-state index < -0.39 is 0 Å². The van der Waals surface area contributed by atoms with Gasteiger partial charge in [0.15, 0.2) is 11.0 Å². The first-order chi connectivity index (χ1) is 15.1. The predicted molar refractivity (Wildman–Crippen MR) is 123 cm³/mol. The molecule has 2 aromatic heterocycles. The summed E-state index contributed by atoms with van der Waals surface area (Å²) in [6.45, 7) is 7.15. The van der Waals surface area contributed by atoms with E-state index in [1.54, 1.807) is 18.9 Å². The lowest BCUT2D eigenvalue weighted by atomic mass is 10.2. The lowest BCUT2D eigenvalue weighted by Gasteiger charge is -2.11. The van der Waals surface area contributed by atoms with Crippen molar-refractivity contribution in [1.29, 1.82) is 0 Å². The van der Waals surface area contributed by atoms with Crippen LogP contribution in [-0.2, 0) is 12.3 Å². The molecule has 0 aliphatic carbocycles. The molecular formula is C23H26N6OS. The third-order valence-corrected chi connectivity index (χ3v) is 5.99. The molecule has 8 heteroatoms. The quantitative estimate of drug-likeness (QED) is 0.369. The SMILES string of the molecule is CCCn1c(C)nnc1CSc1nnc(-c2ccc(OC)cc2)n1-c1ccc(C)cc1. The number of hydrogen-bond donors (Lipinski definition) is 0. The van der Waals surface area contributed by atoms with Gasteiger partial charge in [0.25, 0.3) is 0 Å². The Morgan fingerprint density at radius 2 is 1.65 bits per heavy atom. The normalized spacial score (nSPS) is 11.1. The maximum Gasteiger partial charge on any atom is 0.196 e. The first-order valence-corrected chi connectivity index (χ1v) is 11.3. The summed E-state index contributed by atoms with van der Waals surface area (Å²) in [4.78, 5) is 0. The number of thioether (sulfide) groups is 1. The fourth-order valence-corrected chi connectivity index (χ4v) is 4.28. The number of rotatable bonds is 8. The van der Waals surface area contributed by atoms with E-state index in [1.807, 2.05) is 31.2 Å². The van der Waals surface area contributed by atoms with E-state index in [9.17, 15) is 0 Å². The second kappa shape index (κ2) is 9.34. The van der Waals surface area contributed by atoms with Crippen LogP contribution in [0.5, 0.6) is 5.75 Å². The van der Waals surface area contributed by atoms with Crippen molar-refractivity contribution in [2.24, 2.45) is 0 Å². The van der Waals surface area contributed by atoms with Crippen molar-refractivity contribution in [1.82, 2.24) is 29.5 Å². The van der Waals surface area contributed by atoms with Crippen molar-refractivity contribution in [2.75, 3.05) is 7.11 Å². The molecule has 4 aromatic rings. The molecule has 0 aliphatic rings. The van der Waals surface area contributed by atoms with Crippen LogP contribution in [0.2, 0.25) is 0 Å². The molecular weight excluding hydrogens is 408 g/mol. The molecule has 0 radical (unpaired) electrons. The van der Waals surface area contributed by atoms with Crippen LogP contribution in [0.1, 0.15) is 30.6 Å². The maximum atomic E-state index is 5.30. The molecule has 4 rings (SSSR count). The molecule has 160 valence electrons. The lowest BCUT2D eigenvalue weighted by molar-refractivity contribution is 0.415. The number of ether oxygens (including phenoxy) is 1. The van der Waals surface area contributed by atoms with Crippen molar-refractivity contribution in [2.45, 2.75) is 44.6 Å². The highest BCUT2D eigenvalue weighted by Gasteiger charge is 2.18. The van der Waals surface area contributed by atoms with E-state index in [0.717, 1.165) is 52.6 Å². The average Bonchev–Trinajstić information content (AvgIpc) is 3.37. The molecule has 7 nitrogen and oxygen atoms in total. The summed E-state index contributed by atoms with van der Waals surface area (Å²) in [5.41, 5.74) is 3.21. The monoisotopic (exact) mass is 434 g/mol. The van der Waals surface area contributed by atoms with Crippen LogP contribution >= 0.6 is 11.8 Å². The zero-order valence-electron chi connectivity index (χ0n) is 18.2. The molecule has 0 aliphatic heterocycles. The summed E-state index contributed by atoms with van der Waals surface area (Å²) in [5.74, 6) is 4.17. The summed E-state index contributed by atoms with van der Waals surface area (Å²) >= 11 is 1.62. The Kier molecular flexibility index (Phi) is 6.36. The Labute approximate surface area is 186 Å². The zero-order valence-corrected chi connectivity index (χ0v) is 19.1. The van der Waals surface area contributed by atoms with E-state index >= 15 is 0 Å². The van der Waals surface area contributed by atoms with Crippen LogP contribution in [0.25, 0.3) is 17.1 Å². The molecule has 0 spiro atoms. The summed E-state index contributed by atoms with van der Waals surface area (Å²) in [7, 11) is 1.66. The summed E-state index contributed by atoms with van der Waals surface area (Å²) in [6, 6.07) is 16.3. The van der Waals surface area contributed by atoms with Gasteiger partial charge in [-0.15, -0.1) is 20.4 Å². The highest BCUT2D eigenvalue weighted by molar-refractivity contribution is 7.98. The number of hydrogen-bond acceptors (Lipinski definition) is 6. The number of aromatic nitrogens is 6. The van der Waals surface area contributed by atoms with Crippen LogP contribution in [-0.4, -0.2) is 36.6 Å². The van der Waals surface area contributed by atoms with Gasteiger partial charge >= 0.3 is 0 Å². The van der Waals surface area contributed by atoms with E-state index in [1.165, 1.54) is 5.56 Å². The van der Waals surface area contributed by atoms with Gasteiger partial charge in [-0.3, -0.25) is 4.57 Å². The van der Waals surface area contributed by atoms with Crippen LogP contribution in [0.4, 0.5) is 0 Å². The minimum atomic E-state index is 0.674. The van der Waals surface area contributed by atoms with Crippen LogP contribution < -0.4 is 4.74 Å². The van der Waals surface area contributed by atoms with Crippen LogP contribution in [0.15, 0.2) is 53.7 Å².